The molecule has 0 radical (unpaired) electrons. The molecule has 144 valence electrons. The second kappa shape index (κ2) is 8.77. The van der Waals surface area contributed by atoms with E-state index in [1.54, 1.807) is 6.92 Å². The summed E-state index contributed by atoms with van der Waals surface area (Å²) in [5, 5.41) is 33.8. The summed E-state index contributed by atoms with van der Waals surface area (Å²) in [6.07, 6.45) is -1.15. The second-order valence-electron chi connectivity index (χ2n) is 6.93. The van der Waals surface area contributed by atoms with Crippen LogP contribution in [-0.2, 0) is 9.53 Å². The first kappa shape index (κ1) is 20.6. The highest BCUT2D eigenvalue weighted by Gasteiger charge is 2.48. The van der Waals surface area contributed by atoms with E-state index in [9.17, 15) is 20.1 Å². The average Bonchev–Trinajstić information content (AvgIpc) is 2.61. The third kappa shape index (κ3) is 4.92. The van der Waals surface area contributed by atoms with Crippen LogP contribution in [0.5, 0.6) is 0 Å². The van der Waals surface area contributed by atoms with Crippen LogP contribution in [0.4, 0.5) is 0 Å². The molecule has 4 N–H and O–H groups in total. The van der Waals surface area contributed by atoms with Gasteiger partial charge in [-0.05, 0) is 18.9 Å². The molecule has 0 aromatic heterocycles. The van der Waals surface area contributed by atoms with Gasteiger partial charge in [0.05, 0.1) is 30.3 Å². The van der Waals surface area contributed by atoms with Gasteiger partial charge in [-0.2, -0.15) is 0 Å². The molecule has 6 nitrogen and oxygen atoms in total. The topological polar surface area (TPSA) is 99.0 Å². The fraction of sp³-hybridized carbons (Fsp3) is 0.550. The van der Waals surface area contributed by atoms with Crippen molar-refractivity contribution in [1.29, 1.82) is 0 Å². The summed E-state index contributed by atoms with van der Waals surface area (Å²) < 4.78 is 5.71. The predicted octanol–water partition coefficient (Wildman–Crippen LogP) is 1.67. The normalized spacial score (nSPS) is 31.0. The SMILES string of the molecule is C=CC(O)CC1OC(O)(CC)CC(O)C1C(=O)NC(C)c1ccccc1. The van der Waals surface area contributed by atoms with Gasteiger partial charge in [-0.3, -0.25) is 4.79 Å². The van der Waals surface area contributed by atoms with Gasteiger partial charge in [-0.1, -0.05) is 43.3 Å². The van der Waals surface area contributed by atoms with E-state index in [4.69, 9.17) is 4.74 Å². The summed E-state index contributed by atoms with van der Waals surface area (Å²) in [6, 6.07) is 9.26. The maximum atomic E-state index is 12.8. The van der Waals surface area contributed by atoms with E-state index < -0.39 is 30.0 Å². The minimum Gasteiger partial charge on any atom is -0.392 e. The Morgan fingerprint density at radius 2 is 2.12 bits per heavy atom. The summed E-state index contributed by atoms with van der Waals surface area (Å²) in [7, 11) is 0. The number of hydrogen-bond acceptors (Lipinski definition) is 5. The highest BCUT2D eigenvalue weighted by molar-refractivity contribution is 5.80. The number of hydrogen-bond donors (Lipinski definition) is 4. The van der Waals surface area contributed by atoms with Crippen molar-refractivity contribution in [3.05, 3.63) is 48.6 Å². The molecule has 2 rings (SSSR count). The summed E-state index contributed by atoms with van der Waals surface area (Å²) in [6.45, 7) is 7.13. The Bertz CT molecular complexity index is 607. The van der Waals surface area contributed by atoms with E-state index in [2.05, 4.69) is 11.9 Å². The van der Waals surface area contributed by atoms with Crippen LogP contribution < -0.4 is 5.32 Å². The average molecular weight is 363 g/mol. The third-order valence-electron chi connectivity index (χ3n) is 4.97. The number of carbonyl (C=O) groups excluding carboxylic acids is 1. The minimum absolute atomic E-state index is 0.0536. The van der Waals surface area contributed by atoms with Crippen LogP contribution in [0.3, 0.4) is 0 Å². The molecular formula is C20H29NO5. The number of rotatable bonds is 7. The lowest BCUT2D eigenvalue weighted by Gasteiger charge is -2.44. The molecule has 1 aliphatic heterocycles. The Morgan fingerprint density at radius 1 is 1.46 bits per heavy atom. The molecule has 1 fully saturated rings. The van der Waals surface area contributed by atoms with Crippen LogP contribution in [-0.4, -0.2) is 45.3 Å². The molecule has 1 amide bonds. The molecule has 0 aliphatic carbocycles. The molecule has 1 aliphatic rings. The molecule has 6 atom stereocenters. The minimum atomic E-state index is -1.51. The summed E-state index contributed by atoms with van der Waals surface area (Å²) in [4.78, 5) is 12.8. The van der Waals surface area contributed by atoms with Gasteiger partial charge in [0.25, 0.3) is 0 Å². The maximum Gasteiger partial charge on any atom is 0.228 e. The first-order valence-electron chi connectivity index (χ1n) is 9.04. The zero-order valence-electron chi connectivity index (χ0n) is 15.3. The molecule has 0 spiro atoms. The highest BCUT2D eigenvalue weighted by atomic mass is 16.6. The van der Waals surface area contributed by atoms with Gasteiger partial charge in [-0.25, -0.2) is 0 Å². The summed E-state index contributed by atoms with van der Waals surface area (Å²) >= 11 is 0. The smallest absolute Gasteiger partial charge is 0.228 e. The molecule has 26 heavy (non-hydrogen) atoms. The van der Waals surface area contributed by atoms with Crippen molar-refractivity contribution in [2.75, 3.05) is 0 Å². The van der Waals surface area contributed by atoms with Crippen LogP contribution in [0.1, 0.15) is 44.7 Å². The second-order valence-corrected chi connectivity index (χ2v) is 6.93. The monoisotopic (exact) mass is 363 g/mol. The molecule has 0 bridgehead atoms. The van der Waals surface area contributed by atoms with E-state index in [0.29, 0.717) is 0 Å². The lowest BCUT2D eigenvalue weighted by atomic mass is 9.83. The molecule has 1 aromatic rings. The van der Waals surface area contributed by atoms with Crippen molar-refractivity contribution in [1.82, 2.24) is 5.32 Å². The molecule has 1 heterocycles. The first-order valence-corrected chi connectivity index (χ1v) is 9.04. The molecular weight excluding hydrogens is 334 g/mol. The Kier molecular flexibility index (Phi) is 6.94. The number of aliphatic hydroxyl groups excluding tert-OH is 2. The number of aliphatic hydroxyl groups is 3. The van der Waals surface area contributed by atoms with E-state index in [1.807, 2.05) is 37.3 Å². The van der Waals surface area contributed by atoms with Gasteiger partial charge in [-0.15, -0.1) is 6.58 Å². The number of amides is 1. The lowest BCUT2D eigenvalue weighted by Crippen LogP contribution is -2.57. The standard InChI is InChI=1S/C20H29NO5/c1-4-15(22)11-17-18(16(23)12-20(25,5-2)26-17)19(24)21-13(3)14-9-7-6-8-10-14/h4,6-10,13,15-18,22-23,25H,1,5,11-12H2,2-3H3,(H,21,24). The molecule has 6 unspecified atom stereocenters. The van der Waals surface area contributed by atoms with Gasteiger partial charge >= 0.3 is 0 Å². The van der Waals surface area contributed by atoms with Gasteiger partial charge in [0.15, 0.2) is 5.79 Å². The van der Waals surface area contributed by atoms with Crippen molar-refractivity contribution in [2.45, 2.75) is 63.3 Å². The van der Waals surface area contributed by atoms with Gasteiger partial charge in [0.2, 0.25) is 5.91 Å². The number of nitrogens with one attached hydrogen (secondary N) is 1. The molecule has 1 aromatic carbocycles. The van der Waals surface area contributed by atoms with Crippen molar-refractivity contribution >= 4 is 5.91 Å². The third-order valence-corrected chi connectivity index (χ3v) is 4.97. The first-order chi connectivity index (χ1) is 12.3. The predicted molar refractivity (Wildman–Crippen MR) is 98.0 cm³/mol. The van der Waals surface area contributed by atoms with Crippen molar-refractivity contribution in [3.8, 4) is 0 Å². The van der Waals surface area contributed by atoms with Crippen LogP contribution in [0, 0.1) is 5.92 Å². The van der Waals surface area contributed by atoms with Crippen molar-refractivity contribution < 1.29 is 24.9 Å². The quantitative estimate of drug-likeness (QED) is 0.552. The van der Waals surface area contributed by atoms with Gasteiger partial charge < -0.3 is 25.4 Å². The van der Waals surface area contributed by atoms with Crippen molar-refractivity contribution in [2.24, 2.45) is 5.92 Å². The summed E-state index contributed by atoms with van der Waals surface area (Å²) in [5.41, 5.74) is 0.944. The Labute approximate surface area is 154 Å². The maximum absolute atomic E-state index is 12.8. The van der Waals surface area contributed by atoms with Gasteiger partial charge in [0.1, 0.15) is 0 Å². The fourth-order valence-corrected chi connectivity index (χ4v) is 3.34. The van der Waals surface area contributed by atoms with E-state index >= 15 is 0 Å². The van der Waals surface area contributed by atoms with Crippen LogP contribution >= 0.6 is 0 Å². The number of ether oxygens (including phenoxy) is 1. The zero-order valence-corrected chi connectivity index (χ0v) is 15.3. The Morgan fingerprint density at radius 3 is 2.69 bits per heavy atom. The zero-order chi connectivity index (χ0) is 19.3. The summed E-state index contributed by atoms with van der Waals surface area (Å²) in [5.74, 6) is -2.76. The van der Waals surface area contributed by atoms with Crippen LogP contribution in [0.15, 0.2) is 43.0 Å². The Balaban J connectivity index is 2.16. The van der Waals surface area contributed by atoms with Crippen LogP contribution in [0.25, 0.3) is 0 Å². The largest absolute Gasteiger partial charge is 0.392 e. The van der Waals surface area contributed by atoms with Crippen molar-refractivity contribution in [3.63, 3.8) is 0 Å². The molecule has 6 heteroatoms. The van der Waals surface area contributed by atoms with Crippen LogP contribution in [0.2, 0.25) is 0 Å². The van der Waals surface area contributed by atoms with E-state index in [-0.39, 0.29) is 31.2 Å². The highest BCUT2D eigenvalue weighted by Crippen LogP contribution is 2.36. The molecule has 0 saturated carbocycles. The fourth-order valence-electron chi connectivity index (χ4n) is 3.34. The van der Waals surface area contributed by atoms with E-state index in [0.717, 1.165) is 5.56 Å². The number of carbonyl (C=O) groups is 1. The molecule has 1 saturated heterocycles. The Hall–Kier alpha value is -1.73. The lowest BCUT2D eigenvalue weighted by molar-refractivity contribution is -0.289. The number of benzene rings is 1. The van der Waals surface area contributed by atoms with E-state index in [1.165, 1.54) is 6.08 Å². The van der Waals surface area contributed by atoms with Gasteiger partial charge in [0, 0.05) is 12.8 Å².